The molecule has 1 saturated heterocycles. The number of benzene rings is 1. The smallest absolute Gasteiger partial charge is 0.123 e. The summed E-state index contributed by atoms with van der Waals surface area (Å²) in [6, 6.07) is 5.89. The van der Waals surface area contributed by atoms with Gasteiger partial charge in [0.2, 0.25) is 0 Å². The Kier molecular flexibility index (Phi) is 4.53. The Hall–Kier alpha value is -1.42. The second kappa shape index (κ2) is 6.15. The van der Waals surface area contributed by atoms with E-state index in [1.807, 2.05) is 32.0 Å². The van der Waals surface area contributed by atoms with Crippen LogP contribution in [0.5, 0.6) is 5.75 Å². The molecular formula is C15H24N2O2. The number of anilines is 2. The fraction of sp³-hybridized carbons (Fsp3) is 0.600. The third kappa shape index (κ3) is 3.53. The van der Waals surface area contributed by atoms with Crippen LogP contribution in [-0.4, -0.2) is 30.9 Å². The van der Waals surface area contributed by atoms with Gasteiger partial charge in [-0.3, -0.25) is 0 Å². The van der Waals surface area contributed by atoms with Gasteiger partial charge in [-0.05, 0) is 38.7 Å². The summed E-state index contributed by atoms with van der Waals surface area (Å²) in [6.07, 6.45) is 1.84. The number of aliphatic hydroxyl groups is 1. The molecule has 4 heteroatoms. The van der Waals surface area contributed by atoms with Crippen molar-refractivity contribution in [2.75, 3.05) is 30.3 Å². The largest absolute Gasteiger partial charge is 0.494 e. The van der Waals surface area contributed by atoms with Crippen molar-refractivity contribution in [1.29, 1.82) is 0 Å². The van der Waals surface area contributed by atoms with E-state index >= 15 is 0 Å². The van der Waals surface area contributed by atoms with Gasteiger partial charge in [0.1, 0.15) is 5.75 Å². The first-order chi connectivity index (χ1) is 9.10. The molecule has 0 spiro atoms. The molecule has 0 radical (unpaired) electrons. The van der Waals surface area contributed by atoms with Crippen LogP contribution in [0.3, 0.4) is 0 Å². The van der Waals surface area contributed by atoms with Crippen molar-refractivity contribution >= 4 is 11.4 Å². The summed E-state index contributed by atoms with van der Waals surface area (Å²) in [7, 11) is 0. The average molecular weight is 264 g/mol. The Morgan fingerprint density at radius 3 is 2.63 bits per heavy atom. The van der Waals surface area contributed by atoms with Crippen LogP contribution in [0.2, 0.25) is 0 Å². The van der Waals surface area contributed by atoms with Gasteiger partial charge in [-0.25, -0.2) is 0 Å². The Labute approximate surface area is 115 Å². The minimum atomic E-state index is -0.207. The molecule has 1 aromatic carbocycles. The number of nitrogens with zero attached hydrogens (tertiary/aromatic N) is 1. The lowest BCUT2D eigenvalue weighted by Crippen LogP contribution is -2.37. The Morgan fingerprint density at radius 2 is 2.05 bits per heavy atom. The Balaban J connectivity index is 2.06. The first-order valence-electron chi connectivity index (χ1n) is 7.06. The molecule has 0 aliphatic carbocycles. The summed E-state index contributed by atoms with van der Waals surface area (Å²) in [4.78, 5) is 2.32. The molecular weight excluding hydrogens is 240 g/mol. The van der Waals surface area contributed by atoms with E-state index in [0.29, 0.717) is 12.5 Å². The lowest BCUT2D eigenvalue weighted by molar-refractivity contribution is 0.110. The quantitative estimate of drug-likeness (QED) is 0.819. The van der Waals surface area contributed by atoms with Gasteiger partial charge in [-0.15, -0.1) is 0 Å². The summed E-state index contributed by atoms with van der Waals surface area (Å²) >= 11 is 0. The molecule has 0 bridgehead atoms. The summed E-state index contributed by atoms with van der Waals surface area (Å²) in [6.45, 7) is 6.42. The Bertz CT molecular complexity index is 413. The van der Waals surface area contributed by atoms with E-state index in [4.69, 9.17) is 10.5 Å². The maximum Gasteiger partial charge on any atom is 0.123 e. The van der Waals surface area contributed by atoms with E-state index in [0.717, 1.165) is 43.1 Å². The van der Waals surface area contributed by atoms with Crippen molar-refractivity contribution in [3.63, 3.8) is 0 Å². The van der Waals surface area contributed by atoms with Gasteiger partial charge >= 0.3 is 0 Å². The van der Waals surface area contributed by atoms with E-state index < -0.39 is 0 Å². The molecule has 1 aliphatic rings. The molecule has 1 unspecified atom stereocenters. The molecule has 106 valence electrons. The second-order valence-corrected chi connectivity index (χ2v) is 5.26. The summed E-state index contributed by atoms with van der Waals surface area (Å²) in [5.41, 5.74) is 7.78. The van der Waals surface area contributed by atoms with Crippen LogP contribution < -0.4 is 15.4 Å². The van der Waals surface area contributed by atoms with Crippen LogP contribution >= 0.6 is 0 Å². The first-order valence-corrected chi connectivity index (χ1v) is 7.06. The Morgan fingerprint density at radius 1 is 1.37 bits per heavy atom. The molecule has 1 heterocycles. The third-order valence-corrected chi connectivity index (χ3v) is 3.81. The van der Waals surface area contributed by atoms with E-state index in [1.54, 1.807) is 0 Å². The number of hydrogen-bond donors (Lipinski definition) is 2. The van der Waals surface area contributed by atoms with E-state index in [2.05, 4.69) is 4.90 Å². The van der Waals surface area contributed by atoms with Crippen LogP contribution in [-0.2, 0) is 0 Å². The average Bonchev–Trinajstić information content (AvgIpc) is 2.38. The van der Waals surface area contributed by atoms with Crippen LogP contribution in [0.25, 0.3) is 0 Å². The van der Waals surface area contributed by atoms with Gasteiger partial charge in [0.05, 0.1) is 12.7 Å². The highest BCUT2D eigenvalue weighted by Gasteiger charge is 2.23. The SMILES string of the molecule is CCOc1cc(N)cc(N2CCC(C(C)O)CC2)c1. The standard InChI is InChI=1S/C15H24N2O2/c1-3-19-15-9-13(16)8-14(10-15)17-6-4-12(5-7-17)11(2)18/h8-12,18H,3-7,16H2,1-2H3. The van der Waals surface area contributed by atoms with Crippen LogP contribution in [0.4, 0.5) is 11.4 Å². The topological polar surface area (TPSA) is 58.7 Å². The van der Waals surface area contributed by atoms with Gasteiger partial charge in [-0.1, -0.05) is 0 Å². The molecule has 1 aliphatic heterocycles. The van der Waals surface area contributed by atoms with E-state index in [9.17, 15) is 5.11 Å². The second-order valence-electron chi connectivity index (χ2n) is 5.26. The fourth-order valence-corrected chi connectivity index (χ4v) is 2.68. The molecule has 4 nitrogen and oxygen atoms in total. The van der Waals surface area contributed by atoms with Crippen LogP contribution in [0, 0.1) is 5.92 Å². The molecule has 0 saturated carbocycles. The highest BCUT2D eigenvalue weighted by Crippen LogP contribution is 2.30. The molecule has 1 fully saturated rings. The van der Waals surface area contributed by atoms with Gasteiger partial charge < -0.3 is 20.5 Å². The molecule has 3 N–H and O–H groups in total. The normalized spacial score (nSPS) is 18.4. The van der Waals surface area contributed by atoms with Gasteiger partial charge in [0, 0.05) is 36.6 Å². The van der Waals surface area contributed by atoms with Crippen molar-refractivity contribution in [2.45, 2.75) is 32.8 Å². The molecule has 1 atom stereocenters. The highest BCUT2D eigenvalue weighted by atomic mass is 16.5. The molecule has 0 aromatic heterocycles. The van der Waals surface area contributed by atoms with Crippen LogP contribution in [0.15, 0.2) is 18.2 Å². The number of rotatable bonds is 4. The number of hydrogen-bond acceptors (Lipinski definition) is 4. The van der Waals surface area contributed by atoms with Gasteiger partial charge in [0.15, 0.2) is 0 Å². The molecule has 0 amide bonds. The lowest BCUT2D eigenvalue weighted by atomic mass is 9.92. The zero-order valence-electron chi connectivity index (χ0n) is 11.8. The van der Waals surface area contributed by atoms with Crippen molar-refractivity contribution in [2.24, 2.45) is 5.92 Å². The maximum absolute atomic E-state index is 9.63. The minimum Gasteiger partial charge on any atom is -0.494 e. The van der Waals surface area contributed by atoms with Crippen molar-refractivity contribution in [1.82, 2.24) is 0 Å². The van der Waals surface area contributed by atoms with Crippen LogP contribution in [0.1, 0.15) is 26.7 Å². The highest BCUT2D eigenvalue weighted by molar-refractivity contribution is 5.60. The fourth-order valence-electron chi connectivity index (χ4n) is 2.68. The van der Waals surface area contributed by atoms with Gasteiger partial charge in [-0.2, -0.15) is 0 Å². The summed E-state index contributed by atoms with van der Waals surface area (Å²) in [5.74, 6) is 1.25. The van der Waals surface area contributed by atoms with E-state index in [1.165, 1.54) is 0 Å². The first kappa shape index (κ1) is 14.0. The lowest BCUT2D eigenvalue weighted by Gasteiger charge is -2.35. The molecule has 19 heavy (non-hydrogen) atoms. The zero-order chi connectivity index (χ0) is 13.8. The molecule has 2 rings (SSSR count). The third-order valence-electron chi connectivity index (χ3n) is 3.81. The molecule has 1 aromatic rings. The number of aliphatic hydroxyl groups excluding tert-OH is 1. The van der Waals surface area contributed by atoms with Crippen molar-refractivity contribution < 1.29 is 9.84 Å². The number of ether oxygens (including phenoxy) is 1. The zero-order valence-corrected chi connectivity index (χ0v) is 11.8. The summed E-state index contributed by atoms with van der Waals surface area (Å²) in [5, 5.41) is 9.63. The predicted octanol–water partition coefficient (Wildman–Crippen LogP) is 2.26. The monoisotopic (exact) mass is 264 g/mol. The summed E-state index contributed by atoms with van der Waals surface area (Å²) < 4.78 is 5.53. The minimum absolute atomic E-state index is 0.207. The number of nitrogens with two attached hydrogens (primary N) is 1. The van der Waals surface area contributed by atoms with Crippen molar-refractivity contribution in [3.8, 4) is 5.75 Å². The number of piperidine rings is 1. The predicted molar refractivity (Wildman–Crippen MR) is 78.6 cm³/mol. The number of nitrogen functional groups attached to an aromatic ring is 1. The van der Waals surface area contributed by atoms with Gasteiger partial charge in [0.25, 0.3) is 0 Å². The maximum atomic E-state index is 9.63. The van der Waals surface area contributed by atoms with Crippen molar-refractivity contribution in [3.05, 3.63) is 18.2 Å². The van der Waals surface area contributed by atoms with E-state index in [-0.39, 0.29) is 6.10 Å².